The smallest absolute Gasteiger partial charge is 0.182 e. The molecule has 4 atom stereocenters. The molecule has 0 heterocycles. The summed E-state index contributed by atoms with van der Waals surface area (Å²) in [6.45, 7) is 1.98. The molecule has 0 aromatic heterocycles. The first-order valence-electron chi connectivity index (χ1n) is 6.13. The number of hydrogen-bond donors (Lipinski definition) is 0. The third-order valence-corrected chi connectivity index (χ3v) is 5.05. The van der Waals surface area contributed by atoms with Crippen LogP contribution < -0.4 is 0 Å². The Kier molecular flexibility index (Phi) is 1.98. The fraction of sp³-hybridized carbons (Fsp3) is 0.467. The predicted molar refractivity (Wildman–Crippen MR) is 64.2 cm³/mol. The lowest BCUT2D eigenvalue weighted by atomic mass is 9.38. The van der Waals surface area contributed by atoms with Crippen molar-refractivity contribution in [2.75, 3.05) is 0 Å². The van der Waals surface area contributed by atoms with E-state index in [9.17, 15) is 21.0 Å². The van der Waals surface area contributed by atoms with Crippen molar-refractivity contribution in [2.45, 2.75) is 6.92 Å². The standard InChI is InChI=1S/C15H10N4/c1-9-4-10-11-2-3-12(13(9)10)15(7-18,8-19)14(11,5-16)6-17/h2-4,10-13H,1H3/t10-,11+,12+,13+/m1/s1. The molecule has 4 rings (SSSR count). The van der Waals surface area contributed by atoms with Crippen LogP contribution in [0, 0.1) is 79.8 Å². The van der Waals surface area contributed by atoms with Gasteiger partial charge in [-0.15, -0.1) is 0 Å². The van der Waals surface area contributed by atoms with Crippen molar-refractivity contribution in [3.05, 3.63) is 23.8 Å². The van der Waals surface area contributed by atoms with E-state index in [1.54, 1.807) is 0 Å². The largest absolute Gasteiger partial charge is 0.196 e. The maximum atomic E-state index is 9.55. The minimum Gasteiger partial charge on any atom is -0.196 e. The summed E-state index contributed by atoms with van der Waals surface area (Å²) in [5.74, 6) is -0.476. The van der Waals surface area contributed by atoms with Crippen molar-refractivity contribution in [1.82, 2.24) is 0 Å². The lowest BCUT2D eigenvalue weighted by molar-refractivity contribution is 0.00180. The summed E-state index contributed by atoms with van der Waals surface area (Å²) >= 11 is 0. The van der Waals surface area contributed by atoms with E-state index in [4.69, 9.17) is 0 Å². The van der Waals surface area contributed by atoms with Gasteiger partial charge < -0.3 is 0 Å². The molecule has 0 aliphatic heterocycles. The summed E-state index contributed by atoms with van der Waals surface area (Å²) in [4.78, 5) is 0. The van der Waals surface area contributed by atoms with Crippen LogP contribution in [0.3, 0.4) is 0 Å². The molecule has 4 heteroatoms. The lowest BCUT2D eigenvalue weighted by Crippen LogP contribution is -2.62. The molecule has 4 nitrogen and oxygen atoms in total. The number of nitrogens with zero attached hydrogens (tertiary/aromatic N) is 4. The molecule has 0 amide bonds. The molecule has 0 radical (unpaired) electrons. The number of fused-ring (bicyclic) bond motifs is 1. The van der Waals surface area contributed by atoms with Crippen LogP contribution in [0.2, 0.25) is 0 Å². The maximum absolute atomic E-state index is 9.55. The van der Waals surface area contributed by atoms with E-state index in [-0.39, 0.29) is 23.7 Å². The molecule has 2 bridgehead atoms. The van der Waals surface area contributed by atoms with Crippen LogP contribution in [0.4, 0.5) is 0 Å². The zero-order chi connectivity index (χ0) is 13.8. The second-order valence-electron chi connectivity index (χ2n) is 5.51. The average Bonchev–Trinajstić information content (AvgIpc) is 2.44. The second kappa shape index (κ2) is 3.26. The Morgan fingerprint density at radius 2 is 1.37 bits per heavy atom. The molecular formula is C15H10N4. The average molecular weight is 246 g/mol. The summed E-state index contributed by atoms with van der Waals surface area (Å²) in [6, 6.07) is 8.03. The van der Waals surface area contributed by atoms with Gasteiger partial charge in [-0.05, 0) is 18.8 Å². The van der Waals surface area contributed by atoms with Gasteiger partial charge >= 0.3 is 0 Å². The van der Waals surface area contributed by atoms with Gasteiger partial charge in [0, 0.05) is 11.8 Å². The molecule has 1 fully saturated rings. The van der Waals surface area contributed by atoms with Crippen LogP contribution >= 0.6 is 0 Å². The van der Waals surface area contributed by atoms with Crippen LogP contribution in [0.1, 0.15) is 6.92 Å². The van der Waals surface area contributed by atoms with Gasteiger partial charge in [-0.25, -0.2) is 0 Å². The van der Waals surface area contributed by atoms with Crippen LogP contribution in [-0.2, 0) is 0 Å². The highest BCUT2D eigenvalue weighted by Gasteiger charge is 2.72. The monoisotopic (exact) mass is 246 g/mol. The fourth-order valence-corrected chi connectivity index (χ4v) is 4.11. The van der Waals surface area contributed by atoms with Gasteiger partial charge in [0.05, 0.1) is 24.3 Å². The molecule has 90 valence electrons. The van der Waals surface area contributed by atoms with Crippen molar-refractivity contribution in [3.8, 4) is 24.3 Å². The SMILES string of the molecule is CC1=C[C@H]2[C@H]1[C@@H]1C=C[C@@H]2C(C#N)(C#N)C1(C#N)C#N. The Morgan fingerprint density at radius 1 is 0.895 bits per heavy atom. The summed E-state index contributed by atoms with van der Waals surface area (Å²) < 4.78 is 0. The highest BCUT2D eigenvalue weighted by molar-refractivity contribution is 5.50. The zero-order valence-corrected chi connectivity index (χ0v) is 10.3. The molecular weight excluding hydrogens is 236 g/mol. The highest BCUT2D eigenvalue weighted by atomic mass is 14.7. The van der Waals surface area contributed by atoms with Gasteiger partial charge in [0.25, 0.3) is 0 Å². The van der Waals surface area contributed by atoms with E-state index < -0.39 is 10.8 Å². The summed E-state index contributed by atoms with van der Waals surface area (Å²) in [6.07, 6.45) is 5.78. The molecule has 1 saturated carbocycles. The molecule has 0 aromatic rings. The van der Waals surface area contributed by atoms with Crippen molar-refractivity contribution in [3.63, 3.8) is 0 Å². The molecule has 0 unspecified atom stereocenters. The molecule has 0 spiro atoms. The number of hydrogen-bond acceptors (Lipinski definition) is 4. The van der Waals surface area contributed by atoms with Crippen molar-refractivity contribution in [2.24, 2.45) is 34.5 Å². The Bertz CT molecular complexity index is 658. The van der Waals surface area contributed by atoms with E-state index in [0.717, 1.165) is 5.57 Å². The first kappa shape index (κ1) is 11.5. The Hall–Kier alpha value is -2.56. The quantitative estimate of drug-likeness (QED) is 0.611. The number of rotatable bonds is 0. The van der Waals surface area contributed by atoms with E-state index in [1.807, 2.05) is 43.4 Å². The first-order chi connectivity index (χ1) is 9.11. The van der Waals surface area contributed by atoms with Crippen molar-refractivity contribution in [1.29, 1.82) is 21.0 Å². The minimum atomic E-state index is -1.56. The van der Waals surface area contributed by atoms with Crippen molar-refractivity contribution >= 4 is 0 Å². The van der Waals surface area contributed by atoms with Crippen LogP contribution in [-0.4, -0.2) is 0 Å². The topological polar surface area (TPSA) is 95.2 Å². The third kappa shape index (κ3) is 0.907. The summed E-state index contributed by atoms with van der Waals surface area (Å²) in [7, 11) is 0. The Labute approximate surface area is 111 Å². The molecule has 4 aliphatic rings. The van der Waals surface area contributed by atoms with Gasteiger partial charge in [-0.1, -0.05) is 23.8 Å². The van der Waals surface area contributed by atoms with Gasteiger partial charge in [0.1, 0.15) is 0 Å². The molecule has 0 aromatic carbocycles. The minimum absolute atomic E-state index is 0.115. The molecule has 0 N–H and O–H groups in total. The van der Waals surface area contributed by atoms with E-state index in [2.05, 4.69) is 6.08 Å². The van der Waals surface area contributed by atoms with Crippen LogP contribution in [0.25, 0.3) is 0 Å². The predicted octanol–water partition coefficient (Wildman–Crippen LogP) is 2.06. The number of nitriles is 4. The lowest BCUT2D eigenvalue weighted by Gasteiger charge is -2.59. The maximum Gasteiger partial charge on any atom is 0.182 e. The number of allylic oxidation sites excluding steroid dienone is 4. The van der Waals surface area contributed by atoms with Gasteiger partial charge in [-0.3, -0.25) is 0 Å². The third-order valence-electron chi connectivity index (χ3n) is 5.05. The second-order valence-corrected chi connectivity index (χ2v) is 5.51. The van der Waals surface area contributed by atoms with Gasteiger partial charge in [-0.2, -0.15) is 21.0 Å². The molecule has 19 heavy (non-hydrogen) atoms. The normalized spacial score (nSPS) is 38.5. The zero-order valence-electron chi connectivity index (χ0n) is 10.3. The van der Waals surface area contributed by atoms with E-state index in [0.29, 0.717) is 0 Å². The van der Waals surface area contributed by atoms with Gasteiger partial charge in [0.15, 0.2) is 10.8 Å². The summed E-state index contributed by atoms with van der Waals surface area (Å²) in [5, 5.41) is 38.1. The van der Waals surface area contributed by atoms with Gasteiger partial charge in [0.2, 0.25) is 0 Å². The van der Waals surface area contributed by atoms with Crippen LogP contribution in [0.15, 0.2) is 23.8 Å². The van der Waals surface area contributed by atoms with E-state index in [1.165, 1.54) is 0 Å². The van der Waals surface area contributed by atoms with Crippen LogP contribution in [0.5, 0.6) is 0 Å². The Morgan fingerprint density at radius 3 is 1.84 bits per heavy atom. The molecule has 0 saturated heterocycles. The first-order valence-corrected chi connectivity index (χ1v) is 6.13. The summed E-state index contributed by atoms with van der Waals surface area (Å²) in [5.41, 5.74) is -1.97. The highest BCUT2D eigenvalue weighted by Crippen LogP contribution is 2.67. The fourth-order valence-electron chi connectivity index (χ4n) is 4.11. The van der Waals surface area contributed by atoms with Crippen molar-refractivity contribution < 1.29 is 0 Å². The Balaban J connectivity index is 2.33. The molecule has 4 aliphatic carbocycles. The van der Waals surface area contributed by atoms with E-state index >= 15 is 0 Å².